The predicted octanol–water partition coefficient (Wildman–Crippen LogP) is 0.701. The van der Waals surface area contributed by atoms with Crippen LogP contribution < -0.4 is 0 Å². The minimum absolute atomic E-state index is 1.28. The van der Waals surface area contributed by atoms with E-state index in [2.05, 4.69) is 0 Å². The summed E-state index contributed by atoms with van der Waals surface area (Å²) >= 11 is 3.43. The van der Waals surface area contributed by atoms with E-state index in [4.69, 9.17) is 0 Å². The summed E-state index contributed by atoms with van der Waals surface area (Å²) in [6.07, 6.45) is 0. The van der Waals surface area contributed by atoms with Gasteiger partial charge in [-0.1, -0.05) is 0 Å². The molecule has 0 nitrogen and oxygen atoms in total. The molecule has 0 aromatic carbocycles. The van der Waals surface area contributed by atoms with Crippen molar-refractivity contribution in [3.8, 4) is 0 Å². The molecule has 0 amide bonds. The predicted molar refractivity (Wildman–Crippen MR) is 36.5 cm³/mol. The van der Waals surface area contributed by atoms with Crippen molar-refractivity contribution in [1.29, 1.82) is 0 Å². The summed E-state index contributed by atoms with van der Waals surface area (Å²) < 4.78 is 2.95. The van der Waals surface area contributed by atoms with Crippen LogP contribution in [0.2, 0.25) is 21.0 Å². The molecule has 0 aliphatic rings. The van der Waals surface area contributed by atoms with Crippen molar-refractivity contribution in [3.63, 3.8) is 0 Å². The molecular formula is C4H8SiSn2. The first-order valence-corrected chi connectivity index (χ1v) is 7.86. The van der Waals surface area contributed by atoms with Gasteiger partial charge >= 0.3 is 75.5 Å². The molecule has 0 saturated carbocycles. The summed E-state index contributed by atoms with van der Waals surface area (Å²) in [6, 6.07) is 3.01. The normalized spacial score (nSPS) is 9.43. The van der Waals surface area contributed by atoms with Crippen molar-refractivity contribution in [2.24, 2.45) is 0 Å². The van der Waals surface area contributed by atoms with Gasteiger partial charge in [-0.2, -0.15) is 0 Å². The van der Waals surface area contributed by atoms with Crippen molar-refractivity contribution in [2.45, 2.75) is 21.0 Å². The average Bonchev–Trinajstić information content (AvgIpc) is 1.69. The van der Waals surface area contributed by atoms with E-state index in [9.17, 15) is 0 Å². The fourth-order valence-electron chi connectivity index (χ4n) is 0.302. The second-order valence-corrected chi connectivity index (χ2v) is 5.60. The molecule has 8 radical (unpaired) electrons. The Morgan fingerprint density at radius 3 is 1.71 bits per heavy atom. The summed E-state index contributed by atoms with van der Waals surface area (Å²) in [5, 5.41) is 0. The maximum absolute atomic E-state index is 1.72. The van der Waals surface area contributed by atoms with Crippen LogP contribution in [0.4, 0.5) is 0 Å². The Labute approximate surface area is 74.8 Å². The first-order chi connectivity index (χ1) is 3.41. The van der Waals surface area contributed by atoms with Crippen LogP contribution in [0, 0.1) is 0 Å². The molecule has 0 aromatic rings. The molecule has 0 N–H and O–H groups in total. The molecule has 0 saturated heterocycles. The molecule has 0 aromatic heterocycles. The van der Waals surface area contributed by atoms with E-state index < -0.39 is 0 Å². The second-order valence-electron chi connectivity index (χ2n) is 1.25. The Kier molecular flexibility index (Phi) is 9.84. The quantitative estimate of drug-likeness (QED) is 0.528. The van der Waals surface area contributed by atoms with E-state index in [0.29, 0.717) is 0 Å². The number of rotatable bonds is 4. The molecule has 0 spiro atoms. The third-order valence-corrected chi connectivity index (χ3v) is 6.09. The van der Waals surface area contributed by atoms with Crippen LogP contribution in [-0.2, 0) is 0 Å². The van der Waals surface area contributed by atoms with Crippen LogP contribution in [0.15, 0.2) is 0 Å². The van der Waals surface area contributed by atoms with Gasteiger partial charge in [-0.25, -0.2) is 0 Å². The van der Waals surface area contributed by atoms with Crippen LogP contribution in [0.5, 0.6) is 0 Å². The third kappa shape index (κ3) is 7.81. The van der Waals surface area contributed by atoms with Gasteiger partial charge in [-0.05, 0) is 0 Å². The van der Waals surface area contributed by atoms with E-state index in [1.165, 1.54) is 30.5 Å². The molecule has 0 unspecified atom stereocenters. The van der Waals surface area contributed by atoms with Crippen LogP contribution >= 0.6 is 0 Å². The second kappa shape index (κ2) is 7.81. The average molecular weight is 322 g/mol. The van der Waals surface area contributed by atoms with Gasteiger partial charge in [0, 0.05) is 0 Å². The Morgan fingerprint density at radius 1 is 1.00 bits per heavy atom. The molecule has 0 atom stereocenters. The van der Waals surface area contributed by atoms with Crippen molar-refractivity contribution < 1.29 is 0 Å². The van der Waals surface area contributed by atoms with E-state index in [0.717, 1.165) is 0 Å². The SMILES string of the molecule is [Sn][CH2]C[Si]C[CH2][Sn]. The van der Waals surface area contributed by atoms with Crippen LogP contribution in [0.1, 0.15) is 0 Å². The van der Waals surface area contributed by atoms with E-state index in [1.54, 1.807) is 45.0 Å². The summed E-state index contributed by atoms with van der Waals surface area (Å²) in [5.41, 5.74) is 0. The maximum atomic E-state index is 1.72. The molecule has 0 bridgehead atoms. The molecule has 3 heteroatoms. The zero-order valence-corrected chi connectivity index (χ0v) is 11.0. The molecule has 0 aliphatic carbocycles. The molecule has 0 aliphatic heterocycles. The summed E-state index contributed by atoms with van der Waals surface area (Å²) in [4.78, 5) is 0. The van der Waals surface area contributed by atoms with Crippen LogP contribution in [0.3, 0.4) is 0 Å². The van der Waals surface area contributed by atoms with Crippen molar-refractivity contribution in [3.05, 3.63) is 0 Å². The monoisotopic (exact) mass is 324 g/mol. The Balaban J connectivity index is 2.45. The number of hydrogen-bond donors (Lipinski definition) is 0. The van der Waals surface area contributed by atoms with Gasteiger partial charge in [0.05, 0.1) is 0 Å². The van der Waals surface area contributed by atoms with Gasteiger partial charge in [0.15, 0.2) is 0 Å². The Bertz CT molecular complexity index is 28.9. The van der Waals surface area contributed by atoms with E-state index in [-0.39, 0.29) is 0 Å². The first kappa shape index (κ1) is 8.81. The van der Waals surface area contributed by atoms with Crippen LogP contribution in [0.25, 0.3) is 0 Å². The minimum atomic E-state index is 1.28. The summed E-state index contributed by atoms with van der Waals surface area (Å²) in [7, 11) is 1.28. The van der Waals surface area contributed by atoms with Gasteiger partial charge < -0.3 is 0 Å². The van der Waals surface area contributed by atoms with Gasteiger partial charge in [-0.15, -0.1) is 0 Å². The van der Waals surface area contributed by atoms with E-state index >= 15 is 0 Å². The Hall–Kier alpha value is 1.81. The fourth-order valence-corrected chi connectivity index (χ4v) is 3.93. The third-order valence-electron chi connectivity index (χ3n) is 0.604. The van der Waals surface area contributed by atoms with Crippen molar-refractivity contribution >= 4 is 54.6 Å². The topological polar surface area (TPSA) is 0 Å². The van der Waals surface area contributed by atoms with Crippen molar-refractivity contribution in [1.82, 2.24) is 0 Å². The van der Waals surface area contributed by atoms with Gasteiger partial charge in [-0.3, -0.25) is 0 Å². The summed E-state index contributed by atoms with van der Waals surface area (Å²) in [5.74, 6) is 0. The van der Waals surface area contributed by atoms with Gasteiger partial charge in [0.2, 0.25) is 0 Å². The van der Waals surface area contributed by atoms with Gasteiger partial charge in [0.1, 0.15) is 0 Å². The zero-order chi connectivity index (χ0) is 5.54. The Morgan fingerprint density at radius 2 is 1.43 bits per heavy atom. The molecule has 36 valence electrons. The molecule has 0 fully saturated rings. The first-order valence-electron chi connectivity index (χ1n) is 2.41. The fraction of sp³-hybridized carbons (Fsp3) is 1.00. The molecular weight excluding hydrogens is 314 g/mol. The standard InChI is InChI=1S/C4H8Si.2Sn/c1-3-5-4-2;;/h1-4H2;;. The van der Waals surface area contributed by atoms with Crippen molar-refractivity contribution in [2.75, 3.05) is 0 Å². The van der Waals surface area contributed by atoms with Gasteiger partial charge in [0.25, 0.3) is 0 Å². The number of hydrogen-bond acceptors (Lipinski definition) is 0. The summed E-state index contributed by atoms with van der Waals surface area (Å²) in [6.45, 7) is 0. The molecule has 7 heavy (non-hydrogen) atoms. The molecule has 0 rings (SSSR count). The molecule has 0 heterocycles. The zero-order valence-electron chi connectivity index (χ0n) is 4.33. The van der Waals surface area contributed by atoms with Crippen LogP contribution in [-0.4, -0.2) is 54.6 Å². The van der Waals surface area contributed by atoms with E-state index in [1.807, 2.05) is 0 Å².